The molecule has 0 fully saturated rings. The average molecular weight is 326 g/mol. The zero-order chi connectivity index (χ0) is 17.4. The summed E-state index contributed by atoms with van der Waals surface area (Å²) in [4.78, 5) is 23.0. The third-order valence-electron chi connectivity index (χ3n) is 3.51. The molecule has 0 heterocycles. The van der Waals surface area contributed by atoms with Crippen LogP contribution in [0.3, 0.4) is 0 Å². The second-order valence-electron chi connectivity index (χ2n) is 5.36. The highest BCUT2D eigenvalue weighted by atomic mass is 16.5. The van der Waals surface area contributed by atoms with Gasteiger partial charge in [-0.15, -0.1) is 0 Å². The fourth-order valence-electron chi connectivity index (χ4n) is 2.15. The Hall–Kier alpha value is -2.82. The van der Waals surface area contributed by atoms with Gasteiger partial charge in [-0.1, -0.05) is 19.1 Å². The van der Waals surface area contributed by atoms with E-state index in [4.69, 9.17) is 4.74 Å². The Morgan fingerprint density at radius 3 is 2.50 bits per heavy atom. The van der Waals surface area contributed by atoms with Crippen LogP contribution in [0.2, 0.25) is 0 Å². The van der Waals surface area contributed by atoms with Crippen LogP contribution in [0.1, 0.15) is 29.8 Å². The number of rotatable bonds is 7. The molecule has 2 aromatic rings. The molecule has 0 atom stereocenters. The standard InChI is InChI=1S/C19H22N2O3/c1-3-15-5-4-6-18(13-15)24-12-11-20-19(23)21-17-9-7-16(8-10-17)14(2)22/h4-10,13H,3,11-12H2,1-2H3,(H2,20,21,23). The molecule has 5 heteroatoms. The number of Topliss-reactive ketones (excluding diaryl/α,β-unsaturated/α-hetero) is 1. The summed E-state index contributed by atoms with van der Waals surface area (Å²) < 4.78 is 5.61. The molecular formula is C19H22N2O3. The normalized spacial score (nSPS) is 10.1. The Kier molecular flexibility index (Phi) is 6.37. The molecule has 0 aliphatic heterocycles. The molecule has 0 saturated carbocycles. The molecule has 2 rings (SSSR count). The van der Waals surface area contributed by atoms with Crippen LogP contribution in [0, 0.1) is 0 Å². The molecule has 2 amide bonds. The fourth-order valence-corrected chi connectivity index (χ4v) is 2.15. The van der Waals surface area contributed by atoms with Gasteiger partial charge in [-0.2, -0.15) is 0 Å². The summed E-state index contributed by atoms with van der Waals surface area (Å²) in [7, 11) is 0. The Bertz CT molecular complexity index is 696. The number of amides is 2. The number of carbonyl (C=O) groups excluding carboxylic acids is 2. The molecular weight excluding hydrogens is 304 g/mol. The van der Waals surface area contributed by atoms with Crippen LogP contribution in [-0.4, -0.2) is 25.0 Å². The van der Waals surface area contributed by atoms with Crippen molar-refractivity contribution in [1.29, 1.82) is 0 Å². The maximum atomic E-state index is 11.8. The molecule has 24 heavy (non-hydrogen) atoms. The molecule has 2 N–H and O–H groups in total. The molecule has 2 aromatic carbocycles. The van der Waals surface area contributed by atoms with Crippen molar-refractivity contribution in [3.63, 3.8) is 0 Å². The van der Waals surface area contributed by atoms with Gasteiger partial charge in [0.15, 0.2) is 5.78 Å². The molecule has 0 spiro atoms. The molecule has 5 nitrogen and oxygen atoms in total. The van der Waals surface area contributed by atoms with Gasteiger partial charge >= 0.3 is 6.03 Å². The predicted molar refractivity (Wildman–Crippen MR) is 94.8 cm³/mol. The van der Waals surface area contributed by atoms with E-state index in [1.165, 1.54) is 12.5 Å². The van der Waals surface area contributed by atoms with Gasteiger partial charge < -0.3 is 15.4 Å². The monoisotopic (exact) mass is 326 g/mol. The Morgan fingerprint density at radius 1 is 1.08 bits per heavy atom. The molecule has 0 aliphatic carbocycles. The number of hydrogen-bond donors (Lipinski definition) is 2. The first-order valence-corrected chi connectivity index (χ1v) is 7.96. The Morgan fingerprint density at radius 2 is 1.83 bits per heavy atom. The number of ketones is 1. The number of carbonyl (C=O) groups is 2. The lowest BCUT2D eigenvalue weighted by Gasteiger charge is -2.10. The SMILES string of the molecule is CCc1cccc(OCCNC(=O)Nc2ccc(C(C)=O)cc2)c1. The van der Waals surface area contributed by atoms with E-state index in [2.05, 4.69) is 23.6 Å². The van der Waals surface area contributed by atoms with E-state index < -0.39 is 0 Å². The molecule has 126 valence electrons. The lowest BCUT2D eigenvalue weighted by molar-refractivity contribution is 0.101. The number of aryl methyl sites for hydroxylation is 1. The molecule has 0 saturated heterocycles. The maximum absolute atomic E-state index is 11.8. The highest BCUT2D eigenvalue weighted by Crippen LogP contribution is 2.13. The van der Waals surface area contributed by atoms with E-state index in [1.807, 2.05) is 18.2 Å². The zero-order valence-electron chi connectivity index (χ0n) is 14.0. The first kappa shape index (κ1) is 17.5. The lowest BCUT2D eigenvalue weighted by Crippen LogP contribution is -2.32. The summed E-state index contributed by atoms with van der Waals surface area (Å²) in [6, 6.07) is 14.4. The van der Waals surface area contributed by atoms with Crippen molar-refractivity contribution in [2.75, 3.05) is 18.5 Å². The van der Waals surface area contributed by atoms with Gasteiger partial charge in [-0.05, 0) is 55.3 Å². The predicted octanol–water partition coefficient (Wildman–Crippen LogP) is 3.65. The quantitative estimate of drug-likeness (QED) is 0.603. The summed E-state index contributed by atoms with van der Waals surface area (Å²) in [5.74, 6) is 0.798. The Labute approximate surface area is 142 Å². The third-order valence-corrected chi connectivity index (χ3v) is 3.51. The van der Waals surface area contributed by atoms with Gasteiger partial charge in [0.1, 0.15) is 12.4 Å². The van der Waals surface area contributed by atoms with Crippen molar-refractivity contribution >= 4 is 17.5 Å². The van der Waals surface area contributed by atoms with E-state index in [9.17, 15) is 9.59 Å². The minimum Gasteiger partial charge on any atom is -0.492 e. The van der Waals surface area contributed by atoms with Crippen LogP contribution in [-0.2, 0) is 6.42 Å². The minimum atomic E-state index is -0.309. The fraction of sp³-hybridized carbons (Fsp3) is 0.263. The number of anilines is 1. The highest BCUT2D eigenvalue weighted by molar-refractivity contribution is 5.95. The first-order chi connectivity index (χ1) is 11.6. The van der Waals surface area contributed by atoms with Crippen molar-refractivity contribution in [2.45, 2.75) is 20.3 Å². The molecule has 0 aromatic heterocycles. The van der Waals surface area contributed by atoms with Crippen LogP contribution in [0.25, 0.3) is 0 Å². The van der Waals surface area contributed by atoms with Crippen LogP contribution in [0.4, 0.5) is 10.5 Å². The average Bonchev–Trinajstić information content (AvgIpc) is 2.59. The maximum Gasteiger partial charge on any atom is 0.319 e. The van der Waals surface area contributed by atoms with Gasteiger partial charge in [0, 0.05) is 11.3 Å². The van der Waals surface area contributed by atoms with Crippen LogP contribution in [0.5, 0.6) is 5.75 Å². The third kappa shape index (κ3) is 5.43. The van der Waals surface area contributed by atoms with Gasteiger partial charge in [-0.3, -0.25) is 4.79 Å². The topological polar surface area (TPSA) is 67.4 Å². The van der Waals surface area contributed by atoms with E-state index in [0.29, 0.717) is 24.4 Å². The summed E-state index contributed by atoms with van der Waals surface area (Å²) in [6.45, 7) is 4.39. The second-order valence-corrected chi connectivity index (χ2v) is 5.36. The summed E-state index contributed by atoms with van der Waals surface area (Å²) >= 11 is 0. The van der Waals surface area contributed by atoms with Gasteiger partial charge in [0.25, 0.3) is 0 Å². The summed E-state index contributed by atoms with van der Waals surface area (Å²) in [6.07, 6.45) is 0.959. The van der Waals surface area contributed by atoms with Crippen molar-refractivity contribution in [2.24, 2.45) is 0 Å². The number of nitrogens with one attached hydrogen (secondary N) is 2. The van der Waals surface area contributed by atoms with E-state index in [1.54, 1.807) is 24.3 Å². The molecule has 0 bridgehead atoms. The summed E-state index contributed by atoms with van der Waals surface area (Å²) in [5, 5.41) is 5.43. The number of benzene rings is 2. The van der Waals surface area contributed by atoms with E-state index in [-0.39, 0.29) is 11.8 Å². The Balaban J connectivity index is 1.72. The highest BCUT2D eigenvalue weighted by Gasteiger charge is 2.03. The van der Waals surface area contributed by atoms with Crippen molar-refractivity contribution < 1.29 is 14.3 Å². The van der Waals surface area contributed by atoms with Crippen molar-refractivity contribution in [3.05, 3.63) is 59.7 Å². The minimum absolute atomic E-state index is 0.00436. The molecule has 0 aliphatic rings. The van der Waals surface area contributed by atoms with Gasteiger partial charge in [0.05, 0.1) is 6.54 Å². The lowest BCUT2D eigenvalue weighted by atomic mass is 10.1. The second kappa shape index (κ2) is 8.72. The summed E-state index contributed by atoms with van der Waals surface area (Å²) in [5.41, 5.74) is 2.46. The number of ether oxygens (including phenoxy) is 1. The smallest absolute Gasteiger partial charge is 0.319 e. The number of urea groups is 1. The van der Waals surface area contributed by atoms with Gasteiger partial charge in [-0.25, -0.2) is 4.79 Å². The van der Waals surface area contributed by atoms with Gasteiger partial charge in [0.2, 0.25) is 0 Å². The largest absolute Gasteiger partial charge is 0.492 e. The van der Waals surface area contributed by atoms with Crippen LogP contribution in [0.15, 0.2) is 48.5 Å². The van der Waals surface area contributed by atoms with E-state index in [0.717, 1.165) is 12.2 Å². The first-order valence-electron chi connectivity index (χ1n) is 7.96. The molecule has 0 unspecified atom stereocenters. The van der Waals surface area contributed by atoms with Crippen LogP contribution >= 0.6 is 0 Å². The number of hydrogen-bond acceptors (Lipinski definition) is 3. The van der Waals surface area contributed by atoms with E-state index >= 15 is 0 Å². The molecule has 0 radical (unpaired) electrons. The van der Waals surface area contributed by atoms with Crippen LogP contribution < -0.4 is 15.4 Å². The van der Waals surface area contributed by atoms with Crippen molar-refractivity contribution in [1.82, 2.24) is 5.32 Å². The van der Waals surface area contributed by atoms with Crippen molar-refractivity contribution in [3.8, 4) is 5.75 Å². The zero-order valence-corrected chi connectivity index (χ0v) is 14.0.